The number of benzene rings is 3. The molecule has 0 bridgehead atoms. The molecule has 0 aliphatic rings. The highest BCUT2D eigenvalue weighted by Gasteiger charge is 2.20. The summed E-state index contributed by atoms with van der Waals surface area (Å²) in [6, 6.07) is 19.4. The normalized spacial score (nSPS) is 12.3. The number of hydrogen-bond acceptors (Lipinski definition) is 5. The predicted molar refractivity (Wildman–Crippen MR) is 112 cm³/mol. The average molecular weight is 411 g/mol. The lowest BCUT2D eigenvalue weighted by Gasteiger charge is -2.13. The van der Waals surface area contributed by atoms with Crippen LogP contribution < -0.4 is 4.72 Å². The van der Waals surface area contributed by atoms with Gasteiger partial charge in [0.25, 0.3) is 0 Å². The van der Waals surface area contributed by atoms with E-state index < -0.39 is 22.1 Å². The standard InChI is InChI=1S/C22H21NO5S/c1-15(22(25)17-10-12-19(13-11-17)23-29(2,26)27)28-21(24)14-18-8-5-7-16-6-3-4-9-20(16)18/h3-13,15,23H,14H2,1-2H3/t15-/m0/s1. The van der Waals surface area contributed by atoms with Crippen molar-refractivity contribution in [3.05, 3.63) is 77.9 Å². The Kier molecular flexibility index (Phi) is 5.98. The van der Waals surface area contributed by atoms with Gasteiger partial charge in [-0.05, 0) is 47.5 Å². The summed E-state index contributed by atoms with van der Waals surface area (Å²) in [6.45, 7) is 1.52. The third-order valence-electron chi connectivity index (χ3n) is 4.36. The second kappa shape index (κ2) is 8.45. The van der Waals surface area contributed by atoms with E-state index in [1.165, 1.54) is 31.2 Å². The van der Waals surface area contributed by atoms with Crippen molar-refractivity contribution < 1.29 is 22.7 Å². The van der Waals surface area contributed by atoms with E-state index >= 15 is 0 Å². The molecule has 150 valence electrons. The second-order valence-corrected chi connectivity index (χ2v) is 8.51. The summed E-state index contributed by atoms with van der Waals surface area (Å²) in [5.41, 5.74) is 1.52. The van der Waals surface area contributed by atoms with Gasteiger partial charge in [-0.15, -0.1) is 0 Å². The zero-order valence-corrected chi connectivity index (χ0v) is 16.9. The highest BCUT2D eigenvalue weighted by Crippen LogP contribution is 2.20. The number of Topliss-reactive ketones (excluding diaryl/α,β-unsaturated/α-hetero) is 1. The molecular weight excluding hydrogens is 390 g/mol. The van der Waals surface area contributed by atoms with Gasteiger partial charge in [-0.25, -0.2) is 8.42 Å². The highest BCUT2D eigenvalue weighted by molar-refractivity contribution is 7.92. The van der Waals surface area contributed by atoms with E-state index in [0.29, 0.717) is 11.3 Å². The molecule has 3 rings (SSSR count). The van der Waals surface area contributed by atoms with Gasteiger partial charge in [-0.3, -0.25) is 14.3 Å². The average Bonchev–Trinajstić information content (AvgIpc) is 2.67. The number of fused-ring (bicyclic) bond motifs is 1. The van der Waals surface area contributed by atoms with Crippen LogP contribution in [0.4, 0.5) is 5.69 Å². The van der Waals surface area contributed by atoms with E-state index in [-0.39, 0.29) is 12.2 Å². The molecule has 3 aromatic rings. The van der Waals surface area contributed by atoms with E-state index in [4.69, 9.17) is 4.74 Å². The lowest BCUT2D eigenvalue weighted by molar-refractivity contribution is -0.145. The van der Waals surface area contributed by atoms with Crippen molar-refractivity contribution >= 4 is 38.2 Å². The number of carbonyl (C=O) groups is 2. The molecule has 6 nitrogen and oxygen atoms in total. The van der Waals surface area contributed by atoms with Gasteiger partial charge in [0, 0.05) is 11.3 Å². The van der Waals surface area contributed by atoms with Crippen LogP contribution in [0.3, 0.4) is 0 Å². The smallest absolute Gasteiger partial charge is 0.310 e. The minimum absolute atomic E-state index is 0.0657. The van der Waals surface area contributed by atoms with Crippen molar-refractivity contribution in [3.8, 4) is 0 Å². The Morgan fingerprint density at radius 3 is 2.31 bits per heavy atom. The van der Waals surface area contributed by atoms with Crippen LogP contribution in [0.25, 0.3) is 10.8 Å². The van der Waals surface area contributed by atoms with Crippen molar-refractivity contribution in [2.45, 2.75) is 19.4 Å². The molecule has 0 saturated heterocycles. The van der Waals surface area contributed by atoms with E-state index in [1.54, 1.807) is 0 Å². The summed E-state index contributed by atoms with van der Waals surface area (Å²) < 4.78 is 30.1. The van der Waals surface area contributed by atoms with E-state index in [0.717, 1.165) is 22.6 Å². The van der Waals surface area contributed by atoms with Crippen LogP contribution in [0.2, 0.25) is 0 Å². The molecule has 1 N–H and O–H groups in total. The maximum absolute atomic E-state index is 12.5. The Bertz CT molecular complexity index is 1150. The highest BCUT2D eigenvalue weighted by atomic mass is 32.2. The van der Waals surface area contributed by atoms with Gasteiger partial charge in [0.2, 0.25) is 15.8 Å². The molecule has 0 amide bonds. The van der Waals surface area contributed by atoms with Crippen molar-refractivity contribution in [1.82, 2.24) is 0 Å². The monoisotopic (exact) mass is 411 g/mol. The molecule has 7 heteroatoms. The van der Waals surface area contributed by atoms with E-state index in [2.05, 4.69) is 4.72 Å². The third-order valence-corrected chi connectivity index (χ3v) is 4.97. The van der Waals surface area contributed by atoms with Gasteiger partial charge in [-0.1, -0.05) is 42.5 Å². The number of nitrogens with one attached hydrogen (secondary N) is 1. The fraction of sp³-hybridized carbons (Fsp3) is 0.182. The molecule has 0 heterocycles. The summed E-state index contributed by atoms with van der Waals surface area (Å²) >= 11 is 0. The summed E-state index contributed by atoms with van der Waals surface area (Å²) in [5.74, 6) is -0.847. The minimum Gasteiger partial charge on any atom is -0.454 e. The number of carbonyl (C=O) groups excluding carboxylic acids is 2. The van der Waals surface area contributed by atoms with Crippen LogP contribution in [0.5, 0.6) is 0 Å². The molecule has 0 radical (unpaired) electrons. The topological polar surface area (TPSA) is 89.5 Å². The Hall–Kier alpha value is -3.19. The number of ether oxygens (including phenoxy) is 1. The first-order chi connectivity index (χ1) is 13.7. The molecule has 0 aliphatic carbocycles. The summed E-state index contributed by atoms with van der Waals surface area (Å²) in [7, 11) is -3.39. The molecule has 0 fully saturated rings. The van der Waals surface area contributed by atoms with Crippen molar-refractivity contribution in [3.63, 3.8) is 0 Å². The summed E-state index contributed by atoms with van der Waals surface area (Å²) in [6.07, 6.45) is 0.158. The lowest BCUT2D eigenvalue weighted by atomic mass is 10.0. The van der Waals surface area contributed by atoms with Crippen molar-refractivity contribution in [1.29, 1.82) is 0 Å². The molecule has 0 saturated carbocycles. The third kappa shape index (κ3) is 5.42. The minimum atomic E-state index is -3.39. The number of hydrogen-bond donors (Lipinski definition) is 1. The number of sulfonamides is 1. The first-order valence-corrected chi connectivity index (χ1v) is 10.9. The Morgan fingerprint density at radius 2 is 1.62 bits per heavy atom. The predicted octanol–water partition coefficient (Wildman–Crippen LogP) is 3.57. The van der Waals surface area contributed by atoms with Gasteiger partial charge in [-0.2, -0.15) is 0 Å². The van der Waals surface area contributed by atoms with Crippen LogP contribution in [-0.4, -0.2) is 32.5 Å². The molecule has 0 unspecified atom stereocenters. The van der Waals surface area contributed by atoms with Gasteiger partial charge in [0.15, 0.2) is 6.10 Å². The van der Waals surface area contributed by atoms with Gasteiger partial charge >= 0.3 is 5.97 Å². The quantitative estimate of drug-likeness (QED) is 0.474. The molecule has 0 aromatic heterocycles. The lowest BCUT2D eigenvalue weighted by Crippen LogP contribution is -2.25. The first kappa shape index (κ1) is 20.5. The number of esters is 1. The van der Waals surface area contributed by atoms with Crippen LogP contribution in [0.1, 0.15) is 22.8 Å². The fourth-order valence-electron chi connectivity index (χ4n) is 3.05. The Labute approximate surface area is 169 Å². The van der Waals surface area contributed by atoms with Crippen LogP contribution in [0, 0.1) is 0 Å². The molecule has 0 spiro atoms. The molecule has 0 aliphatic heterocycles. The Balaban J connectivity index is 1.65. The molecule has 1 atom stereocenters. The van der Waals surface area contributed by atoms with Crippen LogP contribution in [-0.2, 0) is 26.0 Å². The zero-order valence-electron chi connectivity index (χ0n) is 16.1. The van der Waals surface area contributed by atoms with E-state index in [1.807, 2.05) is 42.5 Å². The van der Waals surface area contributed by atoms with Crippen molar-refractivity contribution in [2.24, 2.45) is 0 Å². The number of anilines is 1. The van der Waals surface area contributed by atoms with E-state index in [9.17, 15) is 18.0 Å². The molecule has 29 heavy (non-hydrogen) atoms. The Morgan fingerprint density at radius 1 is 0.966 bits per heavy atom. The maximum Gasteiger partial charge on any atom is 0.310 e. The second-order valence-electron chi connectivity index (χ2n) is 6.76. The SMILES string of the molecule is C[C@H](OC(=O)Cc1cccc2ccccc12)C(=O)c1ccc(NS(C)(=O)=O)cc1. The van der Waals surface area contributed by atoms with Gasteiger partial charge in [0.05, 0.1) is 12.7 Å². The largest absolute Gasteiger partial charge is 0.454 e. The van der Waals surface area contributed by atoms with Gasteiger partial charge in [0.1, 0.15) is 0 Å². The van der Waals surface area contributed by atoms with Crippen molar-refractivity contribution in [2.75, 3.05) is 11.0 Å². The van der Waals surface area contributed by atoms with Gasteiger partial charge < -0.3 is 4.74 Å². The summed E-state index contributed by atoms with van der Waals surface area (Å²) in [5, 5.41) is 2.00. The summed E-state index contributed by atoms with van der Waals surface area (Å²) in [4.78, 5) is 24.9. The van der Waals surface area contributed by atoms with Crippen LogP contribution >= 0.6 is 0 Å². The van der Waals surface area contributed by atoms with Crippen LogP contribution in [0.15, 0.2) is 66.7 Å². The molecular formula is C22H21NO5S. The number of ketones is 1. The first-order valence-electron chi connectivity index (χ1n) is 9.01. The molecule has 3 aromatic carbocycles. The maximum atomic E-state index is 12.5. The number of rotatable bonds is 7. The fourth-order valence-corrected chi connectivity index (χ4v) is 3.61. The zero-order chi connectivity index (χ0) is 21.0.